The Hall–Kier alpha value is -2.47. The summed E-state index contributed by atoms with van der Waals surface area (Å²) in [6.07, 6.45) is 7.92. The lowest BCUT2D eigenvalue weighted by Crippen LogP contribution is -2.48. The molecule has 5 nitrogen and oxygen atoms in total. The van der Waals surface area contributed by atoms with Gasteiger partial charge in [0, 0.05) is 47.8 Å². The number of hydrogen-bond acceptors (Lipinski definition) is 4. The lowest BCUT2D eigenvalue weighted by molar-refractivity contribution is -0.137. The molecule has 174 valence electrons. The normalized spacial score (nSPS) is 19.0. The Balaban J connectivity index is 1.14. The number of rotatable bonds is 5. The number of likely N-dealkylation sites (tertiary alicyclic amines) is 1. The van der Waals surface area contributed by atoms with Crippen LogP contribution in [0.2, 0.25) is 0 Å². The Morgan fingerprint density at radius 3 is 2.09 bits per heavy atom. The first-order valence-electron chi connectivity index (χ1n) is 12.4. The van der Waals surface area contributed by atoms with E-state index in [0.717, 1.165) is 38.8 Å². The van der Waals surface area contributed by atoms with E-state index in [9.17, 15) is 9.59 Å². The number of anilines is 2. The molecule has 0 unspecified atom stereocenters. The highest BCUT2D eigenvalue weighted by Crippen LogP contribution is 2.47. The summed E-state index contributed by atoms with van der Waals surface area (Å²) < 4.78 is 0. The van der Waals surface area contributed by atoms with Gasteiger partial charge >= 0.3 is 0 Å². The van der Waals surface area contributed by atoms with Crippen LogP contribution >= 0.6 is 11.8 Å². The first-order valence-corrected chi connectivity index (χ1v) is 13.2. The van der Waals surface area contributed by atoms with E-state index in [-0.39, 0.29) is 17.9 Å². The van der Waals surface area contributed by atoms with Gasteiger partial charge < -0.3 is 15.1 Å². The van der Waals surface area contributed by atoms with Gasteiger partial charge in [-0.25, -0.2) is 0 Å². The number of piperidine rings is 1. The molecule has 2 heterocycles. The number of nitrogens with zero attached hydrogens (tertiary/aromatic N) is 2. The van der Waals surface area contributed by atoms with Crippen molar-refractivity contribution in [2.75, 3.05) is 24.5 Å². The average molecular weight is 464 g/mol. The summed E-state index contributed by atoms with van der Waals surface area (Å²) in [7, 11) is 0. The van der Waals surface area contributed by atoms with Crippen LogP contribution in [-0.2, 0) is 9.59 Å². The molecule has 0 atom stereocenters. The van der Waals surface area contributed by atoms with Crippen LogP contribution in [0.25, 0.3) is 0 Å². The van der Waals surface area contributed by atoms with Crippen molar-refractivity contribution in [3.63, 3.8) is 0 Å². The second-order valence-electron chi connectivity index (χ2n) is 9.44. The molecule has 0 radical (unpaired) electrons. The summed E-state index contributed by atoms with van der Waals surface area (Å²) in [5.41, 5.74) is 2.34. The van der Waals surface area contributed by atoms with E-state index in [1.54, 1.807) is 11.8 Å². The molecule has 2 aliphatic heterocycles. The van der Waals surface area contributed by atoms with Gasteiger partial charge in [0.05, 0.1) is 11.4 Å². The molecule has 1 saturated heterocycles. The van der Waals surface area contributed by atoms with Crippen LogP contribution in [0.15, 0.2) is 58.3 Å². The number of carbonyl (C=O) groups excluding carboxylic acids is 2. The molecule has 1 N–H and O–H groups in total. The highest BCUT2D eigenvalue weighted by Gasteiger charge is 2.30. The predicted octanol–water partition coefficient (Wildman–Crippen LogP) is 5.37. The van der Waals surface area contributed by atoms with Gasteiger partial charge in [-0.3, -0.25) is 9.59 Å². The van der Waals surface area contributed by atoms with Crippen molar-refractivity contribution in [3.8, 4) is 0 Å². The zero-order valence-electron chi connectivity index (χ0n) is 19.2. The Morgan fingerprint density at radius 2 is 1.45 bits per heavy atom. The third kappa shape index (κ3) is 5.06. The van der Waals surface area contributed by atoms with Crippen LogP contribution in [0.1, 0.15) is 51.4 Å². The van der Waals surface area contributed by atoms with Gasteiger partial charge in [-0.05, 0) is 49.9 Å². The number of carbonyl (C=O) groups is 2. The number of benzene rings is 2. The molecule has 3 aliphatic rings. The van der Waals surface area contributed by atoms with Gasteiger partial charge in [0.15, 0.2) is 0 Å². The van der Waals surface area contributed by atoms with Gasteiger partial charge in [-0.15, -0.1) is 0 Å². The van der Waals surface area contributed by atoms with Gasteiger partial charge in [-0.2, -0.15) is 0 Å². The lowest BCUT2D eigenvalue weighted by Gasteiger charge is -2.36. The van der Waals surface area contributed by atoms with E-state index in [2.05, 4.69) is 58.7 Å². The standard InChI is InChI=1S/C27H33N3O2S/c31-26(28-21-14-17-29(18-15-21)27(32)20-8-2-1-3-9-20)16-19-30-22-10-4-6-12-24(22)33-25-13-7-5-11-23(25)30/h4-7,10-13,20-21H,1-3,8-9,14-19H2,(H,28,31). The minimum absolute atomic E-state index is 0.0974. The smallest absolute Gasteiger partial charge is 0.225 e. The minimum atomic E-state index is 0.0974. The minimum Gasteiger partial charge on any atom is -0.353 e. The first-order chi connectivity index (χ1) is 16.2. The second kappa shape index (κ2) is 10.2. The lowest BCUT2D eigenvalue weighted by atomic mass is 9.87. The van der Waals surface area contributed by atoms with Crippen LogP contribution in [0, 0.1) is 5.92 Å². The molecule has 2 fully saturated rings. The Bertz CT molecular complexity index is 951. The summed E-state index contributed by atoms with van der Waals surface area (Å²) in [4.78, 5) is 32.4. The van der Waals surface area contributed by atoms with E-state index >= 15 is 0 Å². The fraction of sp³-hybridized carbons (Fsp3) is 0.481. The van der Waals surface area contributed by atoms with Crippen LogP contribution in [0.5, 0.6) is 0 Å². The molecule has 2 aromatic rings. The zero-order valence-corrected chi connectivity index (χ0v) is 20.0. The van der Waals surface area contributed by atoms with Crippen molar-refractivity contribution in [2.45, 2.75) is 67.2 Å². The molecule has 1 saturated carbocycles. The van der Waals surface area contributed by atoms with Crippen molar-refractivity contribution in [1.82, 2.24) is 10.2 Å². The van der Waals surface area contributed by atoms with Crippen molar-refractivity contribution < 1.29 is 9.59 Å². The Morgan fingerprint density at radius 1 is 0.848 bits per heavy atom. The number of para-hydroxylation sites is 2. The average Bonchev–Trinajstić information content (AvgIpc) is 2.87. The van der Waals surface area contributed by atoms with Gasteiger partial charge in [0.25, 0.3) is 0 Å². The number of amides is 2. The van der Waals surface area contributed by atoms with E-state index < -0.39 is 0 Å². The fourth-order valence-electron chi connectivity index (χ4n) is 5.39. The second-order valence-corrected chi connectivity index (χ2v) is 10.5. The van der Waals surface area contributed by atoms with E-state index in [1.807, 2.05) is 4.90 Å². The molecule has 33 heavy (non-hydrogen) atoms. The molecule has 5 rings (SSSR count). The summed E-state index contributed by atoms with van der Waals surface area (Å²) in [5.74, 6) is 0.679. The maximum atomic E-state index is 12.8. The number of nitrogens with one attached hydrogen (secondary N) is 1. The first kappa shape index (κ1) is 22.3. The summed E-state index contributed by atoms with van der Waals surface area (Å²) in [5, 5.41) is 3.24. The van der Waals surface area contributed by atoms with E-state index in [4.69, 9.17) is 0 Å². The molecule has 6 heteroatoms. The van der Waals surface area contributed by atoms with Gasteiger partial charge in [-0.1, -0.05) is 55.3 Å². The van der Waals surface area contributed by atoms with Crippen molar-refractivity contribution >= 4 is 35.0 Å². The predicted molar refractivity (Wildman–Crippen MR) is 133 cm³/mol. The van der Waals surface area contributed by atoms with Crippen molar-refractivity contribution in [2.24, 2.45) is 5.92 Å². The van der Waals surface area contributed by atoms with Crippen LogP contribution in [0.4, 0.5) is 11.4 Å². The monoisotopic (exact) mass is 463 g/mol. The topological polar surface area (TPSA) is 52.7 Å². The highest BCUT2D eigenvalue weighted by atomic mass is 32.2. The molecule has 0 bridgehead atoms. The zero-order chi connectivity index (χ0) is 22.6. The maximum absolute atomic E-state index is 12.8. The molecular weight excluding hydrogens is 430 g/mol. The van der Waals surface area contributed by atoms with Gasteiger partial charge in [0.2, 0.25) is 11.8 Å². The Labute approximate surface area is 200 Å². The number of fused-ring (bicyclic) bond motifs is 2. The number of hydrogen-bond donors (Lipinski definition) is 1. The van der Waals surface area contributed by atoms with E-state index in [0.29, 0.717) is 18.9 Å². The molecule has 2 amide bonds. The van der Waals surface area contributed by atoms with Crippen LogP contribution < -0.4 is 10.2 Å². The third-order valence-electron chi connectivity index (χ3n) is 7.22. The van der Waals surface area contributed by atoms with Crippen molar-refractivity contribution in [3.05, 3.63) is 48.5 Å². The van der Waals surface area contributed by atoms with Crippen LogP contribution in [0.3, 0.4) is 0 Å². The quantitative estimate of drug-likeness (QED) is 0.648. The summed E-state index contributed by atoms with van der Waals surface area (Å²) in [6.45, 7) is 2.19. The molecular formula is C27H33N3O2S. The van der Waals surface area contributed by atoms with Crippen LogP contribution in [-0.4, -0.2) is 42.4 Å². The summed E-state index contributed by atoms with van der Waals surface area (Å²) in [6, 6.07) is 17.0. The van der Waals surface area contributed by atoms with Crippen molar-refractivity contribution in [1.29, 1.82) is 0 Å². The molecule has 2 aromatic carbocycles. The third-order valence-corrected chi connectivity index (χ3v) is 8.35. The maximum Gasteiger partial charge on any atom is 0.225 e. The molecule has 0 aromatic heterocycles. The SMILES string of the molecule is O=C(CCN1c2ccccc2Sc2ccccc21)NC1CCN(C(=O)C2CCCCC2)CC1. The van der Waals surface area contributed by atoms with Gasteiger partial charge in [0.1, 0.15) is 0 Å². The summed E-state index contributed by atoms with van der Waals surface area (Å²) >= 11 is 1.79. The fourth-order valence-corrected chi connectivity index (χ4v) is 6.48. The molecule has 0 spiro atoms. The highest BCUT2D eigenvalue weighted by molar-refractivity contribution is 7.99. The van der Waals surface area contributed by atoms with E-state index in [1.165, 1.54) is 40.4 Å². The Kier molecular flexibility index (Phi) is 6.91. The largest absolute Gasteiger partial charge is 0.353 e. The molecule has 1 aliphatic carbocycles.